The van der Waals surface area contributed by atoms with E-state index in [1.165, 1.54) is 44.1 Å². The zero-order valence-electron chi connectivity index (χ0n) is 19.5. The van der Waals surface area contributed by atoms with Gasteiger partial charge in [-0.1, -0.05) is 12.1 Å². The van der Waals surface area contributed by atoms with Crippen LogP contribution in [0.25, 0.3) is 0 Å². The van der Waals surface area contributed by atoms with Crippen LogP contribution < -0.4 is 4.74 Å². The highest BCUT2D eigenvalue weighted by molar-refractivity contribution is 5.72. The summed E-state index contributed by atoms with van der Waals surface area (Å²) in [5.41, 5.74) is 1.93. The number of likely N-dealkylation sites (tertiary alicyclic amines) is 1. The van der Waals surface area contributed by atoms with Crippen LogP contribution in [0.4, 0.5) is 0 Å². The average molecular weight is 442 g/mol. The first-order valence-electron chi connectivity index (χ1n) is 12.8. The number of ether oxygens (including phenoxy) is 2. The summed E-state index contributed by atoms with van der Waals surface area (Å²) in [6.45, 7) is 4.81. The van der Waals surface area contributed by atoms with Crippen LogP contribution in [0.1, 0.15) is 63.9 Å². The van der Waals surface area contributed by atoms with Crippen LogP contribution >= 0.6 is 0 Å². The summed E-state index contributed by atoms with van der Waals surface area (Å²) in [5, 5.41) is 10.5. The van der Waals surface area contributed by atoms with Gasteiger partial charge in [-0.05, 0) is 112 Å². The Morgan fingerprint density at radius 1 is 1.06 bits per heavy atom. The second kappa shape index (κ2) is 9.34. The highest BCUT2D eigenvalue weighted by Gasteiger charge is 2.51. The van der Waals surface area contributed by atoms with E-state index in [2.05, 4.69) is 29.2 Å². The van der Waals surface area contributed by atoms with E-state index in [9.17, 15) is 9.90 Å². The predicted molar refractivity (Wildman–Crippen MR) is 124 cm³/mol. The lowest BCUT2D eigenvalue weighted by Gasteiger charge is -2.57. The van der Waals surface area contributed by atoms with Crippen LogP contribution in [0.15, 0.2) is 24.3 Å². The van der Waals surface area contributed by atoms with Gasteiger partial charge < -0.3 is 19.5 Å². The van der Waals surface area contributed by atoms with Crippen LogP contribution in [0, 0.1) is 23.7 Å². The van der Waals surface area contributed by atoms with E-state index in [-0.39, 0.29) is 11.9 Å². The molecular formula is C27H39NO4. The lowest BCUT2D eigenvalue weighted by Crippen LogP contribution is -2.48. The molecule has 5 aliphatic rings. The van der Waals surface area contributed by atoms with Crippen molar-refractivity contribution in [1.82, 2.24) is 4.90 Å². The molecule has 1 aliphatic heterocycles. The van der Waals surface area contributed by atoms with E-state index in [1.807, 2.05) is 6.92 Å². The third-order valence-corrected chi connectivity index (χ3v) is 8.62. The van der Waals surface area contributed by atoms with Crippen molar-refractivity contribution in [2.45, 2.75) is 69.8 Å². The molecule has 1 aromatic carbocycles. The fraction of sp³-hybridized carbons (Fsp3) is 0.741. The summed E-state index contributed by atoms with van der Waals surface area (Å²) in [5.74, 6) is 3.64. The van der Waals surface area contributed by atoms with Gasteiger partial charge in [-0.3, -0.25) is 4.79 Å². The molecule has 0 aromatic heterocycles. The lowest BCUT2D eigenvalue weighted by molar-refractivity contribution is -0.149. The van der Waals surface area contributed by atoms with Crippen molar-refractivity contribution in [2.75, 3.05) is 32.8 Å². The quantitative estimate of drug-likeness (QED) is 0.614. The first-order valence-corrected chi connectivity index (χ1v) is 12.8. The number of carbonyl (C=O) groups excluding carboxylic acids is 1. The highest BCUT2D eigenvalue weighted by atomic mass is 16.5. The maximum atomic E-state index is 11.9. The second-order valence-corrected chi connectivity index (χ2v) is 11.0. The Kier molecular flexibility index (Phi) is 6.48. The molecule has 6 rings (SSSR count). The molecular weight excluding hydrogens is 402 g/mol. The molecule has 5 heteroatoms. The fourth-order valence-corrected chi connectivity index (χ4v) is 7.52. The van der Waals surface area contributed by atoms with Gasteiger partial charge in [0.1, 0.15) is 18.5 Å². The largest absolute Gasteiger partial charge is 0.491 e. The molecule has 0 radical (unpaired) electrons. The summed E-state index contributed by atoms with van der Waals surface area (Å²) in [7, 11) is 0. The maximum Gasteiger partial charge on any atom is 0.309 e. The predicted octanol–water partition coefficient (Wildman–Crippen LogP) is 4.17. The lowest BCUT2D eigenvalue weighted by atomic mass is 9.48. The number of nitrogens with zero attached hydrogens (tertiary/aromatic N) is 1. The van der Waals surface area contributed by atoms with Crippen molar-refractivity contribution in [3.05, 3.63) is 29.8 Å². The third-order valence-electron chi connectivity index (χ3n) is 8.62. The van der Waals surface area contributed by atoms with E-state index < -0.39 is 6.10 Å². The van der Waals surface area contributed by atoms with Gasteiger partial charge in [0.2, 0.25) is 0 Å². The van der Waals surface area contributed by atoms with Crippen molar-refractivity contribution < 1.29 is 19.4 Å². The zero-order chi connectivity index (χ0) is 22.1. The molecule has 4 aliphatic carbocycles. The molecule has 4 bridgehead atoms. The number of hydrogen-bond donors (Lipinski definition) is 1. The van der Waals surface area contributed by atoms with Crippen LogP contribution in [0.5, 0.6) is 5.75 Å². The van der Waals surface area contributed by atoms with Crippen LogP contribution in [0.2, 0.25) is 0 Å². The average Bonchev–Trinajstić information content (AvgIpc) is 2.78. The maximum absolute atomic E-state index is 11.9. The number of piperidine rings is 1. The minimum absolute atomic E-state index is 0.00656. The third kappa shape index (κ3) is 4.70. The van der Waals surface area contributed by atoms with Crippen LogP contribution in [0.3, 0.4) is 0 Å². The molecule has 4 saturated carbocycles. The molecule has 1 N–H and O–H groups in total. The Morgan fingerprint density at radius 3 is 2.22 bits per heavy atom. The van der Waals surface area contributed by atoms with E-state index >= 15 is 0 Å². The van der Waals surface area contributed by atoms with Gasteiger partial charge in [0, 0.05) is 6.54 Å². The number of aliphatic hydroxyl groups is 1. The highest BCUT2D eigenvalue weighted by Crippen LogP contribution is 2.60. The Hall–Kier alpha value is -1.59. The SMILES string of the molecule is CCOC(=O)C1CCN(C[C@H](O)COc2ccc(C34CC5CC(CC(C5)C3)C4)cc2)CC1. The molecule has 1 saturated heterocycles. The van der Waals surface area contributed by atoms with Gasteiger partial charge >= 0.3 is 5.97 Å². The first kappa shape index (κ1) is 22.2. The number of benzene rings is 1. The molecule has 1 aromatic rings. The topological polar surface area (TPSA) is 59.0 Å². The van der Waals surface area contributed by atoms with E-state index in [4.69, 9.17) is 9.47 Å². The standard InChI is InChI=1S/C27H39NO4/c1-2-31-26(30)22-7-9-28(10-8-22)17-24(29)18-32-25-5-3-23(4-6-25)27-14-19-11-20(15-27)13-21(12-19)16-27/h3-6,19-22,24,29H,2,7-18H2,1H3/t19?,20?,21?,24-,27?/m0/s1. The minimum atomic E-state index is -0.531. The molecule has 32 heavy (non-hydrogen) atoms. The monoisotopic (exact) mass is 441 g/mol. The van der Waals surface area contributed by atoms with Crippen molar-refractivity contribution in [2.24, 2.45) is 23.7 Å². The molecule has 5 fully saturated rings. The number of β-amino-alcohol motifs (C(OH)–C–C–N with tert-alkyl or cyclic N) is 1. The van der Waals surface area contributed by atoms with Crippen molar-refractivity contribution in [3.63, 3.8) is 0 Å². The summed E-state index contributed by atoms with van der Waals surface area (Å²) in [4.78, 5) is 14.1. The van der Waals surface area contributed by atoms with Gasteiger partial charge in [-0.25, -0.2) is 0 Å². The van der Waals surface area contributed by atoms with E-state index in [0.717, 1.165) is 49.4 Å². The minimum Gasteiger partial charge on any atom is -0.491 e. The summed E-state index contributed by atoms with van der Waals surface area (Å²) < 4.78 is 11.1. The van der Waals surface area contributed by atoms with Crippen LogP contribution in [-0.2, 0) is 14.9 Å². The molecule has 5 nitrogen and oxygen atoms in total. The molecule has 176 valence electrons. The molecule has 0 amide bonds. The molecule has 0 spiro atoms. The van der Waals surface area contributed by atoms with Crippen LogP contribution in [-0.4, -0.2) is 54.9 Å². The van der Waals surface area contributed by atoms with Crippen molar-refractivity contribution in [1.29, 1.82) is 0 Å². The Balaban J connectivity index is 1.08. The number of carbonyl (C=O) groups is 1. The van der Waals surface area contributed by atoms with Crippen molar-refractivity contribution >= 4 is 5.97 Å². The Labute approximate surface area is 192 Å². The van der Waals surface area contributed by atoms with Gasteiger partial charge in [-0.2, -0.15) is 0 Å². The van der Waals surface area contributed by atoms with E-state index in [0.29, 0.717) is 25.2 Å². The summed E-state index contributed by atoms with van der Waals surface area (Å²) in [6.07, 6.45) is 9.63. The summed E-state index contributed by atoms with van der Waals surface area (Å²) >= 11 is 0. The van der Waals surface area contributed by atoms with Crippen molar-refractivity contribution in [3.8, 4) is 5.75 Å². The second-order valence-electron chi connectivity index (χ2n) is 11.0. The van der Waals surface area contributed by atoms with Gasteiger partial charge in [0.25, 0.3) is 0 Å². The summed E-state index contributed by atoms with van der Waals surface area (Å²) in [6, 6.07) is 8.78. The Morgan fingerprint density at radius 2 is 1.66 bits per heavy atom. The molecule has 1 atom stereocenters. The number of aliphatic hydroxyl groups excluding tert-OH is 1. The van der Waals surface area contributed by atoms with E-state index in [1.54, 1.807) is 0 Å². The normalized spacial score (nSPS) is 33.2. The van der Waals surface area contributed by atoms with Gasteiger partial charge in [0.05, 0.1) is 12.5 Å². The fourth-order valence-electron chi connectivity index (χ4n) is 7.52. The van der Waals surface area contributed by atoms with Gasteiger partial charge in [-0.15, -0.1) is 0 Å². The number of hydrogen-bond acceptors (Lipinski definition) is 5. The Bertz CT molecular complexity index is 748. The smallest absolute Gasteiger partial charge is 0.309 e. The molecule has 1 heterocycles. The number of rotatable bonds is 8. The zero-order valence-corrected chi connectivity index (χ0v) is 19.5. The molecule has 0 unspecified atom stereocenters. The number of esters is 1. The van der Waals surface area contributed by atoms with Gasteiger partial charge in [0.15, 0.2) is 0 Å². The first-order chi connectivity index (χ1) is 15.5.